The fourth-order valence-electron chi connectivity index (χ4n) is 3.56. The molecule has 1 saturated heterocycles. The zero-order valence-electron chi connectivity index (χ0n) is 10.8. The van der Waals surface area contributed by atoms with E-state index < -0.39 is 11.4 Å². The summed E-state index contributed by atoms with van der Waals surface area (Å²) in [4.78, 5) is 18.0. The van der Waals surface area contributed by atoms with Gasteiger partial charge in [-0.25, -0.2) is 4.98 Å². The van der Waals surface area contributed by atoms with Crippen LogP contribution >= 0.6 is 15.9 Å². The summed E-state index contributed by atoms with van der Waals surface area (Å²) >= 11 is 3.39. The molecule has 3 rings (SSSR count). The lowest BCUT2D eigenvalue weighted by molar-refractivity contribution is -0.147. The number of hydrogen-bond donors (Lipinski definition) is 1. The van der Waals surface area contributed by atoms with Crippen LogP contribution in [0.15, 0.2) is 22.8 Å². The SMILES string of the molecule is C[C@]1(C(=O)O)C[C@H]2CN(c3ccc(Br)cn3)C[C@H]2C1. The maximum absolute atomic E-state index is 11.3. The molecule has 1 aromatic heterocycles. The zero-order valence-corrected chi connectivity index (χ0v) is 12.4. The molecule has 0 amide bonds. The fraction of sp³-hybridized carbons (Fsp3) is 0.571. The Kier molecular flexibility index (Phi) is 3.04. The maximum Gasteiger partial charge on any atom is 0.309 e. The van der Waals surface area contributed by atoms with Crippen molar-refractivity contribution in [2.24, 2.45) is 17.3 Å². The van der Waals surface area contributed by atoms with Crippen molar-refractivity contribution in [3.63, 3.8) is 0 Å². The fourth-order valence-corrected chi connectivity index (χ4v) is 3.79. The number of aliphatic carboxylic acids is 1. The minimum absolute atomic E-state index is 0.492. The van der Waals surface area contributed by atoms with E-state index >= 15 is 0 Å². The zero-order chi connectivity index (χ0) is 13.6. The lowest BCUT2D eigenvalue weighted by atomic mass is 9.87. The van der Waals surface area contributed by atoms with Crippen LogP contribution in [0.1, 0.15) is 19.8 Å². The minimum Gasteiger partial charge on any atom is -0.481 e. The van der Waals surface area contributed by atoms with Crippen LogP contribution in [0.2, 0.25) is 0 Å². The molecule has 1 aliphatic heterocycles. The predicted molar refractivity (Wildman–Crippen MR) is 76.1 cm³/mol. The summed E-state index contributed by atoms with van der Waals surface area (Å²) in [6.45, 7) is 3.75. The van der Waals surface area contributed by atoms with Crippen molar-refractivity contribution in [1.29, 1.82) is 0 Å². The number of halogens is 1. The molecule has 0 radical (unpaired) electrons. The van der Waals surface area contributed by atoms with E-state index in [-0.39, 0.29) is 0 Å². The molecule has 5 heteroatoms. The Labute approximate surface area is 121 Å². The first-order valence-electron chi connectivity index (χ1n) is 6.58. The number of carboxylic acid groups (broad SMARTS) is 1. The number of nitrogens with zero attached hydrogens (tertiary/aromatic N) is 2. The van der Waals surface area contributed by atoms with Crippen LogP contribution in [0, 0.1) is 17.3 Å². The van der Waals surface area contributed by atoms with E-state index in [9.17, 15) is 9.90 Å². The van der Waals surface area contributed by atoms with Crippen molar-refractivity contribution in [3.05, 3.63) is 22.8 Å². The Morgan fingerprint density at radius 3 is 2.53 bits per heavy atom. The number of carbonyl (C=O) groups is 1. The van der Waals surface area contributed by atoms with Gasteiger partial charge in [0.2, 0.25) is 0 Å². The lowest BCUT2D eigenvalue weighted by Gasteiger charge is -2.23. The molecule has 1 N–H and O–H groups in total. The van der Waals surface area contributed by atoms with E-state index in [1.54, 1.807) is 0 Å². The van der Waals surface area contributed by atoms with Crippen LogP contribution in [-0.2, 0) is 4.79 Å². The highest BCUT2D eigenvalue weighted by Gasteiger charge is 2.50. The van der Waals surface area contributed by atoms with E-state index in [1.165, 1.54) is 0 Å². The van der Waals surface area contributed by atoms with Crippen molar-refractivity contribution < 1.29 is 9.90 Å². The summed E-state index contributed by atoms with van der Waals surface area (Å²) in [5, 5.41) is 9.31. The van der Waals surface area contributed by atoms with Gasteiger partial charge in [0.15, 0.2) is 0 Å². The Bertz CT molecular complexity index is 489. The van der Waals surface area contributed by atoms with Gasteiger partial charge in [0, 0.05) is 23.8 Å². The molecule has 1 saturated carbocycles. The molecule has 3 atom stereocenters. The number of carboxylic acids is 1. The summed E-state index contributed by atoms with van der Waals surface area (Å²) in [6.07, 6.45) is 3.39. The average Bonchev–Trinajstić information content (AvgIpc) is 2.85. The molecule has 2 heterocycles. The van der Waals surface area contributed by atoms with E-state index in [0.717, 1.165) is 36.2 Å². The topological polar surface area (TPSA) is 53.4 Å². The van der Waals surface area contributed by atoms with Crippen LogP contribution in [0.25, 0.3) is 0 Å². The van der Waals surface area contributed by atoms with Crippen LogP contribution in [0.4, 0.5) is 5.82 Å². The van der Waals surface area contributed by atoms with Gasteiger partial charge in [0.1, 0.15) is 5.82 Å². The maximum atomic E-state index is 11.3. The Morgan fingerprint density at radius 1 is 1.42 bits per heavy atom. The highest BCUT2D eigenvalue weighted by atomic mass is 79.9. The molecule has 0 spiro atoms. The normalized spacial score (nSPS) is 33.5. The van der Waals surface area contributed by atoms with Gasteiger partial charge in [0.25, 0.3) is 0 Å². The third kappa shape index (κ3) is 2.24. The molecule has 0 unspecified atom stereocenters. The first kappa shape index (κ1) is 12.9. The monoisotopic (exact) mass is 324 g/mol. The van der Waals surface area contributed by atoms with E-state index in [4.69, 9.17) is 0 Å². The number of rotatable bonds is 2. The summed E-state index contributed by atoms with van der Waals surface area (Å²) in [5.74, 6) is 1.34. The quantitative estimate of drug-likeness (QED) is 0.908. The predicted octanol–water partition coefficient (Wildman–Crippen LogP) is 2.78. The molecule has 0 aromatic carbocycles. The van der Waals surface area contributed by atoms with E-state index in [2.05, 4.69) is 25.8 Å². The summed E-state index contributed by atoms with van der Waals surface area (Å²) in [6, 6.07) is 4.01. The smallest absolute Gasteiger partial charge is 0.309 e. The number of aromatic nitrogens is 1. The summed E-state index contributed by atoms with van der Waals surface area (Å²) in [5.41, 5.74) is -0.519. The van der Waals surface area contributed by atoms with Crippen molar-refractivity contribution >= 4 is 27.7 Å². The van der Waals surface area contributed by atoms with Gasteiger partial charge < -0.3 is 10.0 Å². The van der Waals surface area contributed by atoms with Crippen LogP contribution in [0.3, 0.4) is 0 Å². The second kappa shape index (κ2) is 4.47. The molecule has 1 aliphatic carbocycles. The first-order valence-corrected chi connectivity index (χ1v) is 7.37. The van der Waals surface area contributed by atoms with Crippen molar-refractivity contribution in [2.45, 2.75) is 19.8 Å². The minimum atomic E-state index is -0.643. The number of hydrogen-bond acceptors (Lipinski definition) is 3. The van der Waals surface area contributed by atoms with Gasteiger partial charge in [-0.2, -0.15) is 0 Å². The van der Waals surface area contributed by atoms with Crippen molar-refractivity contribution in [1.82, 2.24) is 4.98 Å². The van der Waals surface area contributed by atoms with E-state index in [0.29, 0.717) is 11.8 Å². The third-order valence-electron chi connectivity index (χ3n) is 4.55. The van der Waals surface area contributed by atoms with Gasteiger partial charge >= 0.3 is 5.97 Å². The van der Waals surface area contributed by atoms with Crippen molar-refractivity contribution in [2.75, 3.05) is 18.0 Å². The number of anilines is 1. The second-order valence-electron chi connectivity index (χ2n) is 6.03. The molecular weight excluding hydrogens is 308 g/mol. The Balaban J connectivity index is 1.71. The van der Waals surface area contributed by atoms with Gasteiger partial charge in [-0.1, -0.05) is 0 Å². The first-order chi connectivity index (χ1) is 8.98. The van der Waals surface area contributed by atoms with Crippen molar-refractivity contribution in [3.8, 4) is 0 Å². The molecule has 1 aromatic rings. The summed E-state index contributed by atoms with van der Waals surface area (Å²) in [7, 11) is 0. The second-order valence-corrected chi connectivity index (χ2v) is 6.95. The molecule has 2 aliphatic rings. The molecule has 4 nitrogen and oxygen atoms in total. The molecule has 0 bridgehead atoms. The number of pyridine rings is 1. The largest absolute Gasteiger partial charge is 0.481 e. The lowest BCUT2D eigenvalue weighted by Crippen LogP contribution is -2.29. The molecule has 2 fully saturated rings. The van der Waals surface area contributed by atoms with Gasteiger partial charge in [0.05, 0.1) is 5.41 Å². The highest BCUT2D eigenvalue weighted by Crippen LogP contribution is 2.49. The van der Waals surface area contributed by atoms with Crippen LogP contribution < -0.4 is 4.90 Å². The molecular formula is C14H17BrN2O2. The number of fused-ring (bicyclic) bond motifs is 1. The van der Waals surface area contributed by atoms with Gasteiger partial charge in [-0.3, -0.25) is 4.79 Å². The standard InChI is InChI=1S/C14H17BrN2O2/c1-14(13(18)19)4-9-7-17(8-10(9)5-14)12-3-2-11(15)6-16-12/h2-3,6,9-10H,4-5,7-8H2,1H3,(H,18,19)/t9-,10+,14-. The third-order valence-corrected chi connectivity index (χ3v) is 5.02. The average molecular weight is 325 g/mol. The molecule has 19 heavy (non-hydrogen) atoms. The van der Waals surface area contributed by atoms with Gasteiger partial charge in [-0.15, -0.1) is 0 Å². The van der Waals surface area contributed by atoms with Crippen LogP contribution in [-0.4, -0.2) is 29.1 Å². The van der Waals surface area contributed by atoms with E-state index in [1.807, 2.05) is 25.3 Å². The Hall–Kier alpha value is -1.10. The Morgan fingerprint density at radius 2 is 2.05 bits per heavy atom. The summed E-state index contributed by atoms with van der Waals surface area (Å²) < 4.78 is 0.981. The highest BCUT2D eigenvalue weighted by molar-refractivity contribution is 9.10. The molecule has 102 valence electrons. The van der Waals surface area contributed by atoms with Gasteiger partial charge in [-0.05, 0) is 59.7 Å². The van der Waals surface area contributed by atoms with Crippen LogP contribution in [0.5, 0.6) is 0 Å².